The topological polar surface area (TPSA) is 69.0 Å². The Bertz CT molecular complexity index is 821. The van der Waals surface area contributed by atoms with Gasteiger partial charge in [-0.2, -0.15) is 0 Å². The number of nitrogens with zero attached hydrogens (tertiary/aromatic N) is 3. The summed E-state index contributed by atoms with van der Waals surface area (Å²) in [4.78, 5) is 12.2. The van der Waals surface area contributed by atoms with Gasteiger partial charge < -0.3 is 14.6 Å². The first kappa shape index (κ1) is 22.0. The van der Waals surface area contributed by atoms with Gasteiger partial charge in [-0.05, 0) is 49.9 Å². The molecule has 1 fully saturated rings. The Balaban J connectivity index is 1.40. The average Bonchev–Trinajstić information content (AvgIpc) is 3.05. The Labute approximate surface area is 181 Å². The van der Waals surface area contributed by atoms with E-state index >= 15 is 0 Å². The molecule has 3 rings (SSSR count). The number of aryl methyl sites for hydroxylation is 2. The normalized spacial score (nSPS) is 14.7. The van der Waals surface area contributed by atoms with Crippen molar-refractivity contribution in [3.05, 3.63) is 34.6 Å². The molecule has 0 aliphatic heterocycles. The average molecular weight is 437 g/mol. The van der Waals surface area contributed by atoms with E-state index in [0.717, 1.165) is 48.0 Å². The van der Waals surface area contributed by atoms with Crippen molar-refractivity contribution in [2.45, 2.75) is 63.1 Å². The summed E-state index contributed by atoms with van der Waals surface area (Å²) < 4.78 is 7.80. The van der Waals surface area contributed by atoms with Crippen LogP contribution < -0.4 is 10.1 Å². The largest absolute Gasteiger partial charge is 0.493 e. The number of hydrogen-bond donors (Lipinski definition) is 1. The van der Waals surface area contributed by atoms with Crippen molar-refractivity contribution in [2.75, 3.05) is 12.4 Å². The first-order valence-corrected chi connectivity index (χ1v) is 11.6. The summed E-state index contributed by atoms with van der Waals surface area (Å²) in [6, 6.07) is 5.97. The van der Waals surface area contributed by atoms with E-state index in [1.807, 2.05) is 36.7 Å². The Kier molecular flexibility index (Phi) is 8.24. The standard InChI is InChI=1S/C21H29ClN4O2S/c1-15-13-16(22)10-11-18(15)28-12-6-9-19-24-25-21(26(19)2)29-14-20(27)23-17-7-4-3-5-8-17/h10-11,13,17H,3-9,12,14H2,1-2H3,(H,23,27). The van der Waals surface area contributed by atoms with Crippen molar-refractivity contribution >= 4 is 29.3 Å². The zero-order valence-corrected chi connectivity index (χ0v) is 18.7. The minimum absolute atomic E-state index is 0.0817. The van der Waals surface area contributed by atoms with Crippen LogP contribution in [0, 0.1) is 6.92 Å². The molecular formula is C21H29ClN4O2S. The smallest absolute Gasteiger partial charge is 0.230 e. The second-order valence-corrected chi connectivity index (χ2v) is 8.89. The lowest BCUT2D eigenvalue weighted by Crippen LogP contribution is -2.37. The second kappa shape index (κ2) is 10.9. The van der Waals surface area contributed by atoms with E-state index in [4.69, 9.17) is 16.3 Å². The van der Waals surface area contributed by atoms with Crippen molar-refractivity contribution in [1.29, 1.82) is 0 Å². The van der Waals surface area contributed by atoms with Crippen LogP contribution in [0.3, 0.4) is 0 Å². The molecule has 0 spiro atoms. The van der Waals surface area contributed by atoms with Gasteiger partial charge in [-0.1, -0.05) is 42.6 Å². The maximum Gasteiger partial charge on any atom is 0.230 e. The molecule has 1 aromatic heterocycles. The van der Waals surface area contributed by atoms with Gasteiger partial charge in [0.25, 0.3) is 0 Å². The summed E-state index contributed by atoms with van der Waals surface area (Å²) in [5.41, 5.74) is 1.03. The maximum atomic E-state index is 12.2. The SMILES string of the molecule is Cc1cc(Cl)ccc1OCCCc1nnc(SCC(=O)NC2CCCCC2)n1C. The van der Waals surface area contributed by atoms with Crippen LogP contribution in [0.1, 0.15) is 49.9 Å². The Morgan fingerprint density at radius 1 is 1.31 bits per heavy atom. The third-order valence-corrected chi connectivity index (χ3v) is 6.42. The Hall–Kier alpha value is -1.73. The highest BCUT2D eigenvalue weighted by molar-refractivity contribution is 7.99. The van der Waals surface area contributed by atoms with Gasteiger partial charge in [-0.25, -0.2) is 0 Å². The third kappa shape index (κ3) is 6.64. The summed E-state index contributed by atoms with van der Waals surface area (Å²) >= 11 is 7.41. The predicted octanol–water partition coefficient (Wildman–Crippen LogP) is 4.33. The lowest BCUT2D eigenvalue weighted by atomic mass is 9.95. The molecule has 1 amide bonds. The van der Waals surface area contributed by atoms with Gasteiger partial charge in [0.15, 0.2) is 5.16 Å². The second-order valence-electron chi connectivity index (χ2n) is 7.51. The van der Waals surface area contributed by atoms with Crippen LogP contribution in [0.2, 0.25) is 5.02 Å². The molecule has 1 heterocycles. The van der Waals surface area contributed by atoms with E-state index in [1.165, 1.54) is 31.0 Å². The van der Waals surface area contributed by atoms with E-state index in [-0.39, 0.29) is 5.91 Å². The lowest BCUT2D eigenvalue weighted by Gasteiger charge is -2.22. The molecule has 0 atom stereocenters. The predicted molar refractivity (Wildman–Crippen MR) is 117 cm³/mol. The Morgan fingerprint density at radius 2 is 2.10 bits per heavy atom. The third-order valence-electron chi connectivity index (χ3n) is 5.17. The van der Waals surface area contributed by atoms with Crippen molar-refractivity contribution in [2.24, 2.45) is 7.05 Å². The van der Waals surface area contributed by atoms with Crippen LogP contribution in [-0.4, -0.2) is 39.1 Å². The maximum absolute atomic E-state index is 12.2. The number of halogens is 1. The van der Waals surface area contributed by atoms with Gasteiger partial charge in [-0.15, -0.1) is 10.2 Å². The summed E-state index contributed by atoms with van der Waals surface area (Å²) in [6.45, 7) is 2.58. The van der Waals surface area contributed by atoms with Gasteiger partial charge in [-0.3, -0.25) is 4.79 Å². The monoisotopic (exact) mass is 436 g/mol. The van der Waals surface area contributed by atoms with Crippen molar-refractivity contribution < 1.29 is 9.53 Å². The fraction of sp³-hybridized carbons (Fsp3) is 0.571. The number of aromatic nitrogens is 3. The van der Waals surface area contributed by atoms with Gasteiger partial charge in [0, 0.05) is 24.5 Å². The summed E-state index contributed by atoms with van der Waals surface area (Å²) in [5, 5.41) is 13.1. The zero-order chi connectivity index (χ0) is 20.6. The van der Waals surface area contributed by atoms with Crippen LogP contribution in [0.5, 0.6) is 5.75 Å². The molecule has 0 unspecified atom stereocenters. The molecule has 1 saturated carbocycles. The van der Waals surface area contributed by atoms with Crippen molar-refractivity contribution in [1.82, 2.24) is 20.1 Å². The van der Waals surface area contributed by atoms with Crippen LogP contribution >= 0.6 is 23.4 Å². The molecule has 158 valence electrons. The van der Waals surface area contributed by atoms with E-state index in [2.05, 4.69) is 15.5 Å². The fourth-order valence-corrected chi connectivity index (χ4v) is 4.49. The van der Waals surface area contributed by atoms with Crippen LogP contribution in [0.25, 0.3) is 0 Å². The van der Waals surface area contributed by atoms with Crippen LogP contribution in [-0.2, 0) is 18.3 Å². The van der Waals surface area contributed by atoms with E-state index < -0.39 is 0 Å². The molecule has 0 radical (unpaired) electrons. The Morgan fingerprint density at radius 3 is 2.86 bits per heavy atom. The quantitative estimate of drug-likeness (QED) is 0.468. The number of amides is 1. The van der Waals surface area contributed by atoms with Crippen LogP contribution in [0.4, 0.5) is 0 Å². The minimum atomic E-state index is 0.0817. The van der Waals surface area contributed by atoms with Crippen molar-refractivity contribution in [3.8, 4) is 5.75 Å². The van der Waals surface area contributed by atoms with E-state index in [9.17, 15) is 4.79 Å². The number of carbonyl (C=O) groups is 1. The molecule has 2 aromatic rings. The number of carbonyl (C=O) groups excluding carboxylic acids is 1. The number of hydrogen-bond acceptors (Lipinski definition) is 5. The number of thioether (sulfide) groups is 1. The molecule has 1 aliphatic rings. The molecule has 0 bridgehead atoms. The highest BCUT2D eigenvalue weighted by Gasteiger charge is 2.17. The lowest BCUT2D eigenvalue weighted by molar-refractivity contribution is -0.119. The van der Waals surface area contributed by atoms with Crippen LogP contribution in [0.15, 0.2) is 23.4 Å². The molecule has 6 nitrogen and oxygen atoms in total. The van der Waals surface area contributed by atoms with E-state index in [1.54, 1.807) is 0 Å². The van der Waals surface area contributed by atoms with Gasteiger partial charge >= 0.3 is 0 Å². The molecule has 1 aromatic carbocycles. The number of rotatable bonds is 9. The van der Waals surface area contributed by atoms with Gasteiger partial charge in [0.2, 0.25) is 5.91 Å². The van der Waals surface area contributed by atoms with E-state index in [0.29, 0.717) is 23.4 Å². The molecule has 1 aliphatic carbocycles. The minimum Gasteiger partial charge on any atom is -0.493 e. The fourth-order valence-electron chi connectivity index (χ4n) is 3.52. The molecule has 29 heavy (non-hydrogen) atoms. The summed E-state index contributed by atoms with van der Waals surface area (Å²) in [7, 11) is 1.95. The summed E-state index contributed by atoms with van der Waals surface area (Å²) in [6.07, 6.45) is 7.52. The van der Waals surface area contributed by atoms with Gasteiger partial charge in [0.05, 0.1) is 12.4 Å². The number of benzene rings is 1. The highest BCUT2D eigenvalue weighted by atomic mass is 35.5. The molecule has 0 saturated heterocycles. The molecule has 1 N–H and O–H groups in total. The first-order valence-electron chi connectivity index (χ1n) is 10.2. The summed E-state index contributed by atoms with van der Waals surface area (Å²) in [5.74, 6) is 2.21. The molecular weight excluding hydrogens is 408 g/mol. The van der Waals surface area contributed by atoms with Crippen molar-refractivity contribution in [3.63, 3.8) is 0 Å². The highest BCUT2D eigenvalue weighted by Crippen LogP contribution is 2.22. The number of ether oxygens (including phenoxy) is 1. The van der Waals surface area contributed by atoms with Gasteiger partial charge in [0.1, 0.15) is 11.6 Å². The first-order chi connectivity index (χ1) is 14.0. The molecule has 8 heteroatoms. The number of nitrogens with one attached hydrogen (secondary N) is 1. The zero-order valence-electron chi connectivity index (χ0n) is 17.1.